The Hall–Kier alpha value is -2.82. The average Bonchev–Trinajstić information content (AvgIpc) is 2.76. The topological polar surface area (TPSA) is 128 Å². The molecule has 1 aliphatic rings. The number of carboxylic acid groups (broad SMARTS) is 2. The van der Waals surface area contributed by atoms with Crippen LogP contribution in [0.25, 0.3) is 0 Å². The Morgan fingerprint density at radius 2 is 1.56 bits per heavy atom. The van der Waals surface area contributed by atoms with Crippen molar-refractivity contribution in [3.63, 3.8) is 0 Å². The number of aromatic hydroxyl groups is 1. The zero-order chi connectivity index (χ0) is 23.7. The van der Waals surface area contributed by atoms with Crippen LogP contribution in [-0.4, -0.2) is 75.8 Å². The zero-order valence-electron chi connectivity index (χ0n) is 16.9. The molecule has 9 nitrogen and oxygen atoms in total. The highest BCUT2D eigenvalue weighted by Crippen LogP contribution is 2.23. The first kappa shape index (κ1) is 25.4. The lowest BCUT2D eigenvalue weighted by atomic mass is 10.1. The van der Waals surface area contributed by atoms with Crippen molar-refractivity contribution in [2.45, 2.75) is 6.54 Å². The number of nitrogens with zero attached hydrogens (tertiary/aromatic N) is 2. The van der Waals surface area contributed by atoms with Gasteiger partial charge in [-0.3, -0.25) is 9.69 Å². The molecule has 1 aliphatic heterocycles. The molecule has 1 fully saturated rings. The van der Waals surface area contributed by atoms with Crippen LogP contribution in [0.2, 0.25) is 5.02 Å². The summed E-state index contributed by atoms with van der Waals surface area (Å²) in [6.07, 6.45) is 0. The summed E-state index contributed by atoms with van der Waals surface area (Å²) in [5, 5.41) is 25.4. The third-order valence-corrected chi connectivity index (χ3v) is 5.26. The molecule has 172 valence electrons. The first-order chi connectivity index (χ1) is 15.2. The van der Waals surface area contributed by atoms with Crippen LogP contribution in [0.15, 0.2) is 46.9 Å². The third kappa shape index (κ3) is 8.37. The van der Waals surface area contributed by atoms with Crippen LogP contribution in [0.1, 0.15) is 5.56 Å². The number of ether oxygens (including phenoxy) is 1. The smallest absolute Gasteiger partial charge is 0.414 e. The molecule has 0 aliphatic carbocycles. The number of piperazine rings is 1. The fourth-order valence-electron chi connectivity index (χ4n) is 2.84. The number of phenolic OH excluding ortho intramolecular Hbond substituents is 1. The first-order valence-electron chi connectivity index (χ1n) is 9.48. The van der Waals surface area contributed by atoms with Gasteiger partial charge in [0.1, 0.15) is 11.5 Å². The predicted octanol–water partition coefficient (Wildman–Crippen LogP) is 2.69. The van der Waals surface area contributed by atoms with Crippen LogP contribution in [0.5, 0.6) is 11.5 Å². The van der Waals surface area contributed by atoms with Crippen molar-refractivity contribution in [2.24, 2.45) is 0 Å². The van der Waals surface area contributed by atoms with Gasteiger partial charge in [-0.05, 0) is 42.5 Å². The number of halogens is 2. The highest BCUT2D eigenvalue weighted by atomic mass is 79.9. The number of hydrogen-bond donors (Lipinski definition) is 3. The zero-order valence-corrected chi connectivity index (χ0v) is 19.3. The van der Waals surface area contributed by atoms with Crippen molar-refractivity contribution in [2.75, 3.05) is 32.8 Å². The lowest BCUT2D eigenvalue weighted by Crippen LogP contribution is -2.49. The van der Waals surface area contributed by atoms with E-state index in [1.54, 1.807) is 30.3 Å². The molecular formula is C21H22BrClN2O7. The number of carbonyl (C=O) groups is 3. The minimum absolute atomic E-state index is 0.0219. The van der Waals surface area contributed by atoms with Gasteiger partial charge in [0.15, 0.2) is 6.61 Å². The standard InChI is InChI=1S/C19H20BrClN2O3.C2H2O4/c20-15-1-6-18(24)14(11-15)12-22-7-9-23(10-8-22)19(25)13-26-17-4-2-16(21)3-5-17;3-1(4)2(5)6/h1-6,11,24H,7-10,12-13H2;(H,3,4)(H,5,6). The fraction of sp³-hybridized carbons (Fsp3) is 0.286. The Balaban J connectivity index is 0.000000534. The molecule has 1 heterocycles. The Morgan fingerprint density at radius 3 is 2.12 bits per heavy atom. The second-order valence-electron chi connectivity index (χ2n) is 6.78. The Bertz CT molecular complexity index is 936. The maximum Gasteiger partial charge on any atom is 0.414 e. The van der Waals surface area contributed by atoms with E-state index in [-0.39, 0.29) is 12.5 Å². The Labute approximate surface area is 197 Å². The van der Waals surface area contributed by atoms with Gasteiger partial charge in [0, 0.05) is 47.8 Å². The van der Waals surface area contributed by atoms with Crippen LogP contribution in [-0.2, 0) is 20.9 Å². The highest BCUT2D eigenvalue weighted by Gasteiger charge is 2.22. The normalized spacial score (nSPS) is 13.6. The number of rotatable bonds is 5. The van der Waals surface area contributed by atoms with E-state index in [0.717, 1.165) is 23.1 Å². The number of phenols is 1. The van der Waals surface area contributed by atoms with E-state index in [0.29, 0.717) is 36.2 Å². The number of carboxylic acids is 2. The van der Waals surface area contributed by atoms with E-state index in [1.807, 2.05) is 17.0 Å². The maximum absolute atomic E-state index is 12.3. The van der Waals surface area contributed by atoms with Gasteiger partial charge in [-0.1, -0.05) is 27.5 Å². The van der Waals surface area contributed by atoms with E-state index >= 15 is 0 Å². The van der Waals surface area contributed by atoms with Crippen LogP contribution in [0.3, 0.4) is 0 Å². The summed E-state index contributed by atoms with van der Waals surface area (Å²) >= 11 is 9.26. The molecule has 0 bridgehead atoms. The summed E-state index contributed by atoms with van der Waals surface area (Å²) in [5.41, 5.74) is 0.880. The monoisotopic (exact) mass is 528 g/mol. The summed E-state index contributed by atoms with van der Waals surface area (Å²) in [5.74, 6) is -2.75. The molecule has 1 saturated heterocycles. The Morgan fingerprint density at radius 1 is 0.969 bits per heavy atom. The summed E-state index contributed by atoms with van der Waals surface area (Å²) in [6, 6.07) is 12.4. The van der Waals surface area contributed by atoms with Crippen LogP contribution < -0.4 is 4.74 Å². The first-order valence-corrected chi connectivity index (χ1v) is 10.6. The van der Waals surface area contributed by atoms with Crippen LogP contribution >= 0.6 is 27.5 Å². The van der Waals surface area contributed by atoms with Gasteiger partial charge in [-0.15, -0.1) is 0 Å². The molecule has 0 unspecified atom stereocenters. The molecule has 0 radical (unpaired) electrons. The van der Waals surface area contributed by atoms with Crippen LogP contribution in [0.4, 0.5) is 0 Å². The third-order valence-electron chi connectivity index (χ3n) is 4.52. The molecule has 32 heavy (non-hydrogen) atoms. The van der Waals surface area contributed by atoms with Gasteiger partial charge in [0.25, 0.3) is 5.91 Å². The van der Waals surface area contributed by atoms with E-state index in [2.05, 4.69) is 20.8 Å². The molecule has 1 amide bonds. The van der Waals surface area contributed by atoms with Gasteiger partial charge >= 0.3 is 11.9 Å². The number of aliphatic carboxylic acids is 2. The minimum Gasteiger partial charge on any atom is -0.508 e. The number of amides is 1. The molecule has 2 aromatic carbocycles. The molecule has 2 aromatic rings. The minimum atomic E-state index is -1.82. The maximum atomic E-state index is 12.3. The summed E-state index contributed by atoms with van der Waals surface area (Å²) in [6.45, 7) is 3.51. The molecule has 0 spiro atoms. The lowest BCUT2D eigenvalue weighted by Gasteiger charge is -2.34. The van der Waals surface area contributed by atoms with Crippen molar-refractivity contribution >= 4 is 45.4 Å². The lowest BCUT2D eigenvalue weighted by molar-refractivity contribution is -0.159. The van der Waals surface area contributed by atoms with Crippen molar-refractivity contribution in [1.82, 2.24) is 9.80 Å². The van der Waals surface area contributed by atoms with Crippen molar-refractivity contribution in [3.05, 3.63) is 57.5 Å². The number of benzene rings is 2. The average molecular weight is 530 g/mol. The van der Waals surface area contributed by atoms with Gasteiger partial charge in [-0.2, -0.15) is 0 Å². The summed E-state index contributed by atoms with van der Waals surface area (Å²) in [7, 11) is 0. The van der Waals surface area contributed by atoms with Crippen molar-refractivity contribution in [1.29, 1.82) is 0 Å². The fourth-order valence-corrected chi connectivity index (χ4v) is 3.38. The second-order valence-corrected chi connectivity index (χ2v) is 8.13. The van der Waals surface area contributed by atoms with E-state index in [1.165, 1.54) is 0 Å². The Kier molecular flexibility index (Phi) is 9.76. The quantitative estimate of drug-likeness (QED) is 0.505. The molecule has 0 aromatic heterocycles. The van der Waals surface area contributed by atoms with Crippen molar-refractivity contribution in [3.8, 4) is 11.5 Å². The van der Waals surface area contributed by atoms with Crippen LogP contribution in [0, 0.1) is 0 Å². The highest BCUT2D eigenvalue weighted by molar-refractivity contribution is 9.10. The molecular weight excluding hydrogens is 508 g/mol. The van der Waals surface area contributed by atoms with Gasteiger partial charge < -0.3 is 25.0 Å². The largest absolute Gasteiger partial charge is 0.508 e. The van der Waals surface area contributed by atoms with Gasteiger partial charge in [0.2, 0.25) is 0 Å². The van der Waals surface area contributed by atoms with E-state index in [9.17, 15) is 9.90 Å². The number of hydrogen-bond acceptors (Lipinski definition) is 6. The SMILES string of the molecule is O=C(COc1ccc(Cl)cc1)N1CCN(Cc2cc(Br)ccc2O)CC1.O=C(O)C(=O)O. The molecule has 3 rings (SSSR count). The van der Waals surface area contributed by atoms with Crippen molar-refractivity contribution < 1.29 is 34.4 Å². The summed E-state index contributed by atoms with van der Waals surface area (Å²) in [4.78, 5) is 34.6. The predicted molar refractivity (Wildman–Crippen MR) is 120 cm³/mol. The summed E-state index contributed by atoms with van der Waals surface area (Å²) < 4.78 is 6.47. The second kappa shape index (κ2) is 12.3. The molecule has 0 atom stereocenters. The molecule has 11 heteroatoms. The van der Waals surface area contributed by atoms with Gasteiger partial charge in [0.05, 0.1) is 0 Å². The van der Waals surface area contributed by atoms with E-state index < -0.39 is 11.9 Å². The van der Waals surface area contributed by atoms with E-state index in [4.69, 9.17) is 36.1 Å². The molecule has 0 saturated carbocycles. The van der Waals surface area contributed by atoms with Gasteiger partial charge in [-0.25, -0.2) is 9.59 Å². The number of carbonyl (C=O) groups excluding carboxylic acids is 1. The molecule has 3 N–H and O–H groups in total.